The van der Waals surface area contributed by atoms with Gasteiger partial charge in [0.1, 0.15) is 0 Å². The quantitative estimate of drug-likeness (QED) is 0.892. The maximum Gasteiger partial charge on any atom is 0.317 e. The van der Waals surface area contributed by atoms with Gasteiger partial charge >= 0.3 is 6.03 Å². The van der Waals surface area contributed by atoms with E-state index < -0.39 is 0 Å². The summed E-state index contributed by atoms with van der Waals surface area (Å²) in [6.07, 6.45) is 0. The van der Waals surface area contributed by atoms with Crippen LogP contribution < -0.4 is 10.2 Å². The van der Waals surface area contributed by atoms with E-state index in [1.807, 2.05) is 49.1 Å². The first-order valence-corrected chi connectivity index (χ1v) is 8.26. The van der Waals surface area contributed by atoms with Crippen LogP contribution in [0.5, 0.6) is 0 Å². The van der Waals surface area contributed by atoms with Crippen molar-refractivity contribution >= 4 is 17.6 Å². The zero-order valence-electron chi connectivity index (χ0n) is 14.0. The summed E-state index contributed by atoms with van der Waals surface area (Å²) < 4.78 is 0. The highest BCUT2D eigenvalue weighted by Gasteiger charge is 2.24. The van der Waals surface area contributed by atoms with Crippen LogP contribution in [-0.2, 0) is 4.79 Å². The summed E-state index contributed by atoms with van der Waals surface area (Å²) in [7, 11) is 0. The molecule has 0 radical (unpaired) electrons. The number of nitrogens with zero attached hydrogens (tertiary/aromatic N) is 3. The largest absolute Gasteiger partial charge is 0.362 e. The molecule has 0 aromatic heterocycles. The van der Waals surface area contributed by atoms with Gasteiger partial charge in [-0.25, -0.2) is 4.79 Å². The van der Waals surface area contributed by atoms with Gasteiger partial charge in [-0.3, -0.25) is 4.79 Å². The molecule has 0 atom stereocenters. The normalized spacial score (nSPS) is 14.5. The van der Waals surface area contributed by atoms with Crippen molar-refractivity contribution in [1.29, 1.82) is 0 Å². The Morgan fingerprint density at radius 2 is 1.65 bits per heavy atom. The van der Waals surface area contributed by atoms with Crippen molar-refractivity contribution in [1.82, 2.24) is 15.1 Å². The van der Waals surface area contributed by atoms with E-state index in [0.717, 1.165) is 12.2 Å². The molecular formula is C17H26N4O2. The number of benzene rings is 1. The van der Waals surface area contributed by atoms with E-state index in [0.29, 0.717) is 39.3 Å². The van der Waals surface area contributed by atoms with Crippen LogP contribution in [0, 0.1) is 0 Å². The first-order valence-electron chi connectivity index (χ1n) is 8.26. The summed E-state index contributed by atoms with van der Waals surface area (Å²) in [5.74, 6) is 0.117. The number of nitrogens with one attached hydrogen (secondary N) is 1. The van der Waals surface area contributed by atoms with Crippen LogP contribution in [0.15, 0.2) is 30.3 Å². The monoisotopic (exact) mass is 318 g/mol. The van der Waals surface area contributed by atoms with Crippen molar-refractivity contribution in [3.63, 3.8) is 0 Å². The van der Waals surface area contributed by atoms with Crippen LogP contribution in [0.2, 0.25) is 0 Å². The Morgan fingerprint density at radius 1 is 1.04 bits per heavy atom. The third-order valence-corrected chi connectivity index (χ3v) is 4.08. The molecule has 1 saturated heterocycles. The minimum Gasteiger partial charge on any atom is -0.362 e. The third kappa shape index (κ3) is 4.61. The van der Waals surface area contributed by atoms with Crippen LogP contribution in [0.3, 0.4) is 0 Å². The van der Waals surface area contributed by atoms with Crippen molar-refractivity contribution in [2.24, 2.45) is 0 Å². The Morgan fingerprint density at radius 3 is 2.22 bits per heavy atom. The SMILES string of the molecule is CCNC(=O)N1CCN(C(=O)CN(CC)c2ccccc2)CC1. The molecule has 6 heteroatoms. The van der Waals surface area contributed by atoms with Crippen LogP contribution >= 0.6 is 0 Å². The second-order valence-corrected chi connectivity index (χ2v) is 5.55. The molecule has 23 heavy (non-hydrogen) atoms. The zero-order chi connectivity index (χ0) is 16.7. The number of para-hydroxylation sites is 1. The average molecular weight is 318 g/mol. The lowest BCUT2D eigenvalue weighted by atomic mass is 10.2. The predicted octanol–water partition coefficient (Wildman–Crippen LogP) is 1.39. The summed E-state index contributed by atoms with van der Waals surface area (Å²) in [5.41, 5.74) is 1.06. The van der Waals surface area contributed by atoms with Gasteiger partial charge in [0.15, 0.2) is 0 Å². The lowest BCUT2D eigenvalue weighted by Gasteiger charge is -2.36. The molecule has 0 aliphatic carbocycles. The van der Waals surface area contributed by atoms with Gasteiger partial charge < -0.3 is 20.0 Å². The molecule has 1 aromatic rings. The number of urea groups is 1. The molecule has 126 valence electrons. The van der Waals surface area contributed by atoms with E-state index in [1.165, 1.54) is 0 Å². The van der Waals surface area contributed by atoms with Gasteiger partial charge in [0, 0.05) is 45.0 Å². The van der Waals surface area contributed by atoms with E-state index in [-0.39, 0.29) is 11.9 Å². The number of piperazine rings is 1. The third-order valence-electron chi connectivity index (χ3n) is 4.08. The van der Waals surface area contributed by atoms with Crippen LogP contribution in [-0.4, -0.2) is 67.6 Å². The minimum absolute atomic E-state index is 0.0425. The van der Waals surface area contributed by atoms with Gasteiger partial charge in [0.25, 0.3) is 0 Å². The molecule has 0 spiro atoms. The second-order valence-electron chi connectivity index (χ2n) is 5.55. The van der Waals surface area contributed by atoms with Crippen LogP contribution in [0.1, 0.15) is 13.8 Å². The summed E-state index contributed by atoms with van der Waals surface area (Å²) in [5, 5.41) is 2.80. The van der Waals surface area contributed by atoms with Gasteiger partial charge in [-0.15, -0.1) is 0 Å². The second kappa shape index (κ2) is 8.41. The van der Waals surface area contributed by atoms with Crippen molar-refractivity contribution in [2.45, 2.75) is 13.8 Å². The summed E-state index contributed by atoms with van der Waals surface area (Å²) in [4.78, 5) is 30.0. The fourth-order valence-corrected chi connectivity index (χ4v) is 2.71. The standard InChI is InChI=1S/C17H26N4O2/c1-3-18-17(23)21-12-10-20(11-13-21)16(22)14-19(4-2)15-8-6-5-7-9-15/h5-9H,3-4,10-14H2,1-2H3,(H,18,23). The van der Waals surface area contributed by atoms with Crippen LogP contribution in [0.4, 0.5) is 10.5 Å². The number of hydrogen-bond donors (Lipinski definition) is 1. The number of anilines is 1. The van der Waals surface area contributed by atoms with Gasteiger partial charge in [-0.05, 0) is 26.0 Å². The summed E-state index contributed by atoms with van der Waals surface area (Å²) in [6.45, 7) is 8.12. The molecule has 6 nitrogen and oxygen atoms in total. The Bertz CT molecular complexity index is 513. The Kier molecular flexibility index (Phi) is 6.26. The van der Waals surface area contributed by atoms with E-state index in [4.69, 9.17) is 0 Å². The summed E-state index contributed by atoms with van der Waals surface area (Å²) >= 11 is 0. The van der Waals surface area contributed by atoms with E-state index in [1.54, 1.807) is 4.90 Å². The average Bonchev–Trinajstić information content (AvgIpc) is 2.60. The Labute approximate surface area is 138 Å². The highest BCUT2D eigenvalue weighted by Crippen LogP contribution is 2.13. The molecule has 0 saturated carbocycles. The van der Waals surface area contributed by atoms with Gasteiger partial charge in [0.05, 0.1) is 6.54 Å². The maximum atomic E-state index is 12.5. The van der Waals surface area contributed by atoms with Crippen molar-refractivity contribution in [3.8, 4) is 0 Å². The smallest absolute Gasteiger partial charge is 0.317 e. The van der Waals surface area contributed by atoms with Gasteiger partial charge in [-0.1, -0.05) is 18.2 Å². The Hall–Kier alpha value is -2.24. The molecular weight excluding hydrogens is 292 g/mol. The van der Waals surface area contributed by atoms with E-state index in [2.05, 4.69) is 10.2 Å². The molecule has 2 rings (SSSR count). The minimum atomic E-state index is -0.0425. The van der Waals surface area contributed by atoms with Gasteiger partial charge in [0.2, 0.25) is 5.91 Å². The Balaban J connectivity index is 1.86. The molecule has 0 bridgehead atoms. The number of hydrogen-bond acceptors (Lipinski definition) is 3. The summed E-state index contributed by atoms with van der Waals surface area (Å²) in [6, 6.07) is 9.92. The number of rotatable bonds is 5. The molecule has 1 aliphatic heterocycles. The van der Waals surface area contributed by atoms with Crippen molar-refractivity contribution < 1.29 is 9.59 Å². The molecule has 1 aliphatic rings. The van der Waals surface area contributed by atoms with Crippen molar-refractivity contribution in [3.05, 3.63) is 30.3 Å². The highest BCUT2D eigenvalue weighted by atomic mass is 16.2. The molecule has 0 unspecified atom stereocenters. The molecule has 1 heterocycles. The lowest BCUT2D eigenvalue weighted by Crippen LogP contribution is -2.54. The molecule has 1 fully saturated rings. The van der Waals surface area contributed by atoms with E-state index >= 15 is 0 Å². The van der Waals surface area contributed by atoms with E-state index in [9.17, 15) is 9.59 Å². The number of carbonyl (C=O) groups is 2. The topological polar surface area (TPSA) is 55.9 Å². The fraction of sp³-hybridized carbons (Fsp3) is 0.529. The van der Waals surface area contributed by atoms with Crippen molar-refractivity contribution in [2.75, 3.05) is 50.7 Å². The zero-order valence-corrected chi connectivity index (χ0v) is 14.0. The lowest BCUT2D eigenvalue weighted by molar-refractivity contribution is -0.131. The maximum absolute atomic E-state index is 12.5. The fourth-order valence-electron chi connectivity index (χ4n) is 2.71. The molecule has 3 amide bonds. The molecule has 1 N–H and O–H groups in total. The highest BCUT2D eigenvalue weighted by molar-refractivity contribution is 5.82. The van der Waals surface area contributed by atoms with Crippen LogP contribution in [0.25, 0.3) is 0 Å². The first kappa shape index (κ1) is 17.1. The predicted molar refractivity (Wildman–Crippen MR) is 91.6 cm³/mol. The first-order chi connectivity index (χ1) is 11.2. The number of amides is 3. The number of carbonyl (C=O) groups excluding carboxylic acids is 2. The van der Waals surface area contributed by atoms with Gasteiger partial charge in [-0.2, -0.15) is 0 Å². The number of likely N-dealkylation sites (N-methyl/N-ethyl adjacent to an activating group) is 1. The molecule has 1 aromatic carbocycles.